The molecule has 0 aromatic carbocycles. The summed E-state index contributed by atoms with van der Waals surface area (Å²) in [5, 5.41) is 6.84. The van der Waals surface area contributed by atoms with Gasteiger partial charge in [-0.1, -0.05) is 18.7 Å². The molecule has 0 spiro atoms. The number of hydrogen-bond donors (Lipinski definition) is 2. The van der Waals surface area contributed by atoms with Gasteiger partial charge in [0.25, 0.3) is 0 Å². The van der Waals surface area contributed by atoms with Crippen LogP contribution in [0.15, 0.2) is 11.2 Å². The van der Waals surface area contributed by atoms with Gasteiger partial charge in [0.05, 0.1) is 0 Å². The number of anilines is 2. The van der Waals surface area contributed by atoms with E-state index < -0.39 is 0 Å². The number of aromatic nitrogens is 2. The largest absolute Gasteiger partial charge is 0.370 e. The Morgan fingerprint density at radius 2 is 2.30 bits per heavy atom. The van der Waals surface area contributed by atoms with Gasteiger partial charge >= 0.3 is 0 Å². The van der Waals surface area contributed by atoms with Crippen LogP contribution in [0.3, 0.4) is 0 Å². The first-order chi connectivity index (χ1) is 9.69. The summed E-state index contributed by atoms with van der Waals surface area (Å²) in [6.07, 6.45) is 2.72. The highest BCUT2D eigenvalue weighted by molar-refractivity contribution is 7.98. The number of amides is 1. The lowest BCUT2D eigenvalue weighted by Gasteiger charge is -2.35. The Labute approximate surface area is 123 Å². The molecule has 1 unspecified atom stereocenters. The lowest BCUT2D eigenvalue weighted by atomic mass is 10.1. The van der Waals surface area contributed by atoms with Gasteiger partial charge in [-0.05, 0) is 19.6 Å². The summed E-state index contributed by atoms with van der Waals surface area (Å²) < 4.78 is 0. The number of hydrogen-bond acceptors (Lipinski definition) is 6. The summed E-state index contributed by atoms with van der Waals surface area (Å²) in [6, 6.07) is 1.77. The Morgan fingerprint density at radius 3 is 2.95 bits per heavy atom. The van der Waals surface area contributed by atoms with Crippen molar-refractivity contribution < 1.29 is 4.79 Å². The van der Waals surface area contributed by atoms with Crippen LogP contribution in [0, 0.1) is 0 Å². The van der Waals surface area contributed by atoms with Crippen molar-refractivity contribution in [3.63, 3.8) is 0 Å². The summed E-state index contributed by atoms with van der Waals surface area (Å²) in [5.74, 6) is 1.71. The zero-order valence-corrected chi connectivity index (χ0v) is 13.0. The third-order valence-electron chi connectivity index (χ3n) is 3.24. The van der Waals surface area contributed by atoms with Crippen molar-refractivity contribution >= 4 is 29.3 Å². The molecule has 0 radical (unpaired) electrons. The third-order valence-corrected chi connectivity index (χ3v) is 3.79. The van der Waals surface area contributed by atoms with Crippen molar-refractivity contribution in [1.82, 2.24) is 15.3 Å². The van der Waals surface area contributed by atoms with E-state index in [1.807, 2.05) is 26.2 Å². The van der Waals surface area contributed by atoms with Crippen LogP contribution < -0.4 is 15.5 Å². The fourth-order valence-corrected chi connectivity index (χ4v) is 2.69. The van der Waals surface area contributed by atoms with E-state index in [-0.39, 0.29) is 11.9 Å². The molecule has 0 aliphatic carbocycles. The number of nitrogens with one attached hydrogen (secondary N) is 2. The second-order valence-corrected chi connectivity index (χ2v) is 5.31. The lowest BCUT2D eigenvalue weighted by molar-refractivity contribution is -0.123. The highest BCUT2D eigenvalue weighted by Crippen LogP contribution is 2.23. The van der Waals surface area contributed by atoms with Crippen molar-refractivity contribution in [2.45, 2.75) is 31.5 Å². The molecule has 1 aromatic heterocycles. The SMILES string of the molecule is CCNc1cc(N2CCNC(=O)C2CC)nc(SC)n1. The predicted molar refractivity (Wildman–Crippen MR) is 82.4 cm³/mol. The minimum atomic E-state index is -0.150. The quantitative estimate of drug-likeness (QED) is 0.631. The minimum Gasteiger partial charge on any atom is -0.370 e. The zero-order chi connectivity index (χ0) is 14.5. The number of thioether (sulfide) groups is 1. The maximum atomic E-state index is 12.0. The van der Waals surface area contributed by atoms with E-state index in [1.165, 1.54) is 11.8 Å². The molecule has 2 rings (SSSR count). The molecular formula is C13H21N5OS. The van der Waals surface area contributed by atoms with Gasteiger partial charge in [0, 0.05) is 25.7 Å². The van der Waals surface area contributed by atoms with Crippen molar-refractivity contribution in [3.05, 3.63) is 6.07 Å². The molecule has 1 fully saturated rings. The molecule has 0 saturated carbocycles. The molecule has 110 valence electrons. The van der Waals surface area contributed by atoms with Crippen LogP contribution in [-0.4, -0.2) is 47.8 Å². The second-order valence-electron chi connectivity index (χ2n) is 4.54. The van der Waals surface area contributed by atoms with Gasteiger partial charge in [-0.3, -0.25) is 4.79 Å². The number of carbonyl (C=O) groups excluding carboxylic acids is 1. The van der Waals surface area contributed by atoms with Gasteiger partial charge in [0.1, 0.15) is 17.7 Å². The standard InChI is InChI=1S/C13H21N5OS/c1-4-9-12(19)15-6-7-18(9)11-8-10(14-5-2)16-13(17-11)20-3/h8-9H,4-7H2,1-3H3,(H,15,19)(H,14,16,17). The smallest absolute Gasteiger partial charge is 0.242 e. The summed E-state index contributed by atoms with van der Waals surface area (Å²) in [7, 11) is 0. The van der Waals surface area contributed by atoms with Crippen LogP contribution >= 0.6 is 11.8 Å². The molecule has 1 aliphatic rings. The summed E-state index contributed by atoms with van der Waals surface area (Å²) in [4.78, 5) is 23.0. The average Bonchev–Trinajstić information content (AvgIpc) is 2.47. The minimum absolute atomic E-state index is 0.0769. The summed E-state index contributed by atoms with van der Waals surface area (Å²) in [5.41, 5.74) is 0. The van der Waals surface area contributed by atoms with E-state index in [0.29, 0.717) is 6.54 Å². The van der Waals surface area contributed by atoms with Gasteiger partial charge in [0.2, 0.25) is 5.91 Å². The first kappa shape index (κ1) is 14.9. The maximum absolute atomic E-state index is 12.0. The van der Waals surface area contributed by atoms with E-state index in [9.17, 15) is 4.79 Å². The molecule has 20 heavy (non-hydrogen) atoms. The van der Waals surface area contributed by atoms with Crippen molar-refractivity contribution in [2.75, 3.05) is 36.1 Å². The molecule has 1 aliphatic heterocycles. The Bertz CT molecular complexity index is 482. The number of piperazine rings is 1. The fourth-order valence-electron chi connectivity index (χ4n) is 2.32. The summed E-state index contributed by atoms with van der Waals surface area (Å²) >= 11 is 1.51. The normalized spacial score (nSPS) is 18.9. The average molecular weight is 295 g/mol. The van der Waals surface area contributed by atoms with Crippen LogP contribution in [0.2, 0.25) is 0 Å². The van der Waals surface area contributed by atoms with Gasteiger partial charge in [0.15, 0.2) is 5.16 Å². The first-order valence-corrected chi connectivity index (χ1v) is 8.13. The Morgan fingerprint density at radius 1 is 1.50 bits per heavy atom. The molecule has 2 N–H and O–H groups in total. The van der Waals surface area contributed by atoms with E-state index in [2.05, 4.69) is 25.5 Å². The molecule has 1 amide bonds. The zero-order valence-electron chi connectivity index (χ0n) is 12.1. The van der Waals surface area contributed by atoms with Gasteiger partial charge in [-0.15, -0.1) is 0 Å². The molecule has 1 atom stereocenters. The highest BCUT2D eigenvalue weighted by atomic mass is 32.2. The fraction of sp³-hybridized carbons (Fsp3) is 0.615. The van der Waals surface area contributed by atoms with Gasteiger partial charge in [-0.2, -0.15) is 0 Å². The van der Waals surface area contributed by atoms with Crippen molar-refractivity contribution in [2.24, 2.45) is 0 Å². The van der Waals surface area contributed by atoms with Crippen molar-refractivity contribution in [1.29, 1.82) is 0 Å². The molecule has 1 saturated heterocycles. The summed E-state index contributed by atoms with van der Waals surface area (Å²) in [6.45, 7) is 6.29. The maximum Gasteiger partial charge on any atom is 0.242 e. The molecule has 2 heterocycles. The second kappa shape index (κ2) is 6.78. The number of nitrogens with zero attached hydrogens (tertiary/aromatic N) is 3. The van der Waals surface area contributed by atoms with E-state index in [1.54, 1.807) is 0 Å². The van der Waals surface area contributed by atoms with Gasteiger partial charge in [-0.25, -0.2) is 9.97 Å². The van der Waals surface area contributed by atoms with E-state index >= 15 is 0 Å². The van der Waals surface area contributed by atoms with E-state index in [0.717, 1.165) is 36.3 Å². The Balaban J connectivity index is 2.34. The van der Waals surface area contributed by atoms with Crippen LogP contribution in [0.25, 0.3) is 0 Å². The van der Waals surface area contributed by atoms with Gasteiger partial charge < -0.3 is 15.5 Å². The number of rotatable bonds is 5. The predicted octanol–water partition coefficient (Wildman–Crippen LogP) is 1.35. The molecule has 6 nitrogen and oxygen atoms in total. The molecular weight excluding hydrogens is 274 g/mol. The lowest BCUT2D eigenvalue weighted by Crippen LogP contribution is -2.55. The molecule has 0 bridgehead atoms. The number of carbonyl (C=O) groups is 1. The van der Waals surface area contributed by atoms with Crippen molar-refractivity contribution in [3.8, 4) is 0 Å². The first-order valence-electron chi connectivity index (χ1n) is 6.90. The van der Waals surface area contributed by atoms with E-state index in [4.69, 9.17) is 0 Å². The Kier molecular flexibility index (Phi) is 5.05. The van der Waals surface area contributed by atoms with Crippen LogP contribution in [0.5, 0.6) is 0 Å². The van der Waals surface area contributed by atoms with Crippen LogP contribution in [0.1, 0.15) is 20.3 Å². The highest BCUT2D eigenvalue weighted by Gasteiger charge is 2.29. The molecule has 7 heteroatoms. The topological polar surface area (TPSA) is 70.2 Å². The van der Waals surface area contributed by atoms with Crippen LogP contribution in [-0.2, 0) is 4.79 Å². The third kappa shape index (κ3) is 3.15. The monoisotopic (exact) mass is 295 g/mol. The molecule has 1 aromatic rings. The van der Waals surface area contributed by atoms with Crippen LogP contribution in [0.4, 0.5) is 11.6 Å². The Hall–Kier alpha value is -1.50.